The summed E-state index contributed by atoms with van der Waals surface area (Å²) in [5.41, 5.74) is 3.62. The Balaban J connectivity index is 1.56. The number of carbonyl (C=O) groups is 2. The van der Waals surface area contributed by atoms with Gasteiger partial charge in [-0.05, 0) is 17.2 Å². The van der Waals surface area contributed by atoms with Gasteiger partial charge in [0.2, 0.25) is 5.91 Å². The van der Waals surface area contributed by atoms with Crippen LogP contribution in [-0.2, 0) is 29.1 Å². The molecule has 0 radical (unpaired) electrons. The van der Waals surface area contributed by atoms with E-state index in [2.05, 4.69) is 4.98 Å². The lowest BCUT2D eigenvalue weighted by Gasteiger charge is -2.32. The Labute approximate surface area is 168 Å². The molecule has 29 heavy (non-hydrogen) atoms. The molecule has 1 amide bonds. The lowest BCUT2D eigenvalue weighted by Crippen LogP contribution is -2.48. The number of hydrogen-bond acceptors (Lipinski definition) is 3. The highest BCUT2D eigenvalue weighted by molar-refractivity contribution is 5.94. The van der Waals surface area contributed by atoms with Crippen molar-refractivity contribution in [2.24, 2.45) is 0 Å². The zero-order valence-electron chi connectivity index (χ0n) is 15.8. The highest BCUT2D eigenvalue weighted by atomic mass is 16.4. The van der Waals surface area contributed by atoms with Crippen molar-refractivity contribution >= 4 is 18.0 Å². The number of rotatable bonds is 5. The van der Waals surface area contributed by atoms with Crippen molar-refractivity contribution in [3.63, 3.8) is 0 Å². The van der Waals surface area contributed by atoms with Crippen molar-refractivity contribution in [3.8, 4) is 0 Å². The van der Waals surface area contributed by atoms with Crippen LogP contribution in [0.15, 0.2) is 73.1 Å². The van der Waals surface area contributed by atoms with Crippen LogP contribution >= 0.6 is 0 Å². The monoisotopic (exact) mass is 387 g/mol. The number of carboxylic acid groups (broad SMARTS) is 1. The lowest BCUT2D eigenvalue weighted by molar-refractivity contribution is -0.149. The Morgan fingerprint density at radius 3 is 2.45 bits per heavy atom. The zero-order valence-corrected chi connectivity index (χ0v) is 15.8. The Morgan fingerprint density at radius 2 is 1.76 bits per heavy atom. The molecule has 4 rings (SSSR count). The molecule has 2 heterocycles. The Bertz CT molecular complexity index is 1040. The van der Waals surface area contributed by atoms with Crippen molar-refractivity contribution in [1.82, 2.24) is 14.5 Å². The number of aliphatic carboxylic acids is 1. The summed E-state index contributed by atoms with van der Waals surface area (Å²) < 4.78 is 1.97. The van der Waals surface area contributed by atoms with Gasteiger partial charge in [-0.15, -0.1) is 0 Å². The molecule has 0 aliphatic carbocycles. The van der Waals surface area contributed by atoms with Crippen molar-refractivity contribution in [2.45, 2.75) is 25.6 Å². The maximum atomic E-state index is 12.7. The van der Waals surface area contributed by atoms with Gasteiger partial charge in [-0.25, -0.2) is 9.78 Å². The van der Waals surface area contributed by atoms with Crippen molar-refractivity contribution in [1.29, 1.82) is 0 Å². The van der Waals surface area contributed by atoms with Gasteiger partial charge >= 0.3 is 5.97 Å². The van der Waals surface area contributed by atoms with Gasteiger partial charge in [-0.3, -0.25) is 4.79 Å². The summed E-state index contributed by atoms with van der Waals surface area (Å²) >= 11 is 0. The molecule has 0 bridgehead atoms. The Hall–Kier alpha value is -3.67. The average molecular weight is 387 g/mol. The Morgan fingerprint density at radius 1 is 1.07 bits per heavy atom. The Kier molecular flexibility index (Phi) is 5.24. The van der Waals surface area contributed by atoms with Gasteiger partial charge < -0.3 is 14.6 Å². The SMILES string of the molecule is O=C(O)C1Cc2c(ncn2Cc2ccccc2)CN1C(=O)C=Cc1ccccc1. The molecule has 2 aromatic carbocycles. The first-order valence-corrected chi connectivity index (χ1v) is 9.45. The van der Waals surface area contributed by atoms with Crippen LogP contribution < -0.4 is 0 Å². The molecule has 0 spiro atoms. The van der Waals surface area contributed by atoms with E-state index in [0.717, 1.165) is 22.5 Å². The number of carboxylic acids is 1. The second kappa shape index (κ2) is 8.14. The molecule has 0 fully saturated rings. The number of imidazole rings is 1. The predicted octanol–water partition coefficient (Wildman–Crippen LogP) is 2.98. The summed E-state index contributed by atoms with van der Waals surface area (Å²) in [5.74, 6) is -1.34. The fourth-order valence-corrected chi connectivity index (χ4v) is 3.58. The third-order valence-corrected chi connectivity index (χ3v) is 5.10. The molecule has 146 valence electrons. The number of nitrogens with zero attached hydrogens (tertiary/aromatic N) is 3. The number of aromatic nitrogens is 2. The van der Waals surface area contributed by atoms with Gasteiger partial charge in [0.25, 0.3) is 0 Å². The van der Waals surface area contributed by atoms with Crippen LogP contribution in [0.1, 0.15) is 22.5 Å². The van der Waals surface area contributed by atoms with E-state index in [4.69, 9.17) is 0 Å². The van der Waals surface area contributed by atoms with E-state index in [9.17, 15) is 14.7 Å². The molecule has 6 heteroatoms. The van der Waals surface area contributed by atoms with E-state index in [0.29, 0.717) is 6.54 Å². The molecule has 0 saturated carbocycles. The number of benzene rings is 2. The fourth-order valence-electron chi connectivity index (χ4n) is 3.58. The second-order valence-corrected chi connectivity index (χ2v) is 7.02. The summed E-state index contributed by atoms with van der Waals surface area (Å²) in [7, 11) is 0. The van der Waals surface area contributed by atoms with Crippen LogP contribution in [0.5, 0.6) is 0 Å². The third kappa shape index (κ3) is 4.11. The molecular formula is C23H21N3O3. The zero-order chi connectivity index (χ0) is 20.2. The summed E-state index contributed by atoms with van der Waals surface area (Å²) in [6.45, 7) is 0.809. The van der Waals surface area contributed by atoms with Crippen molar-refractivity contribution in [3.05, 3.63) is 95.6 Å². The maximum Gasteiger partial charge on any atom is 0.326 e. The molecule has 1 aliphatic heterocycles. The van der Waals surface area contributed by atoms with Crippen LogP contribution in [0.4, 0.5) is 0 Å². The van der Waals surface area contributed by atoms with E-state index >= 15 is 0 Å². The normalized spacial score (nSPS) is 16.0. The highest BCUT2D eigenvalue weighted by Gasteiger charge is 2.36. The van der Waals surface area contributed by atoms with E-state index in [1.165, 1.54) is 11.0 Å². The standard InChI is InChI=1S/C23H21N3O3/c27-22(12-11-17-7-3-1-4-8-17)26-15-19-20(13-21(26)23(28)29)25(16-24-19)14-18-9-5-2-6-10-18/h1-12,16,21H,13-15H2,(H,28,29). The molecule has 1 unspecified atom stereocenters. The molecule has 1 N–H and O–H groups in total. The van der Waals surface area contributed by atoms with Crippen LogP contribution in [0, 0.1) is 0 Å². The summed E-state index contributed by atoms with van der Waals surface area (Å²) in [5, 5.41) is 9.74. The van der Waals surface area contributed by atoms with Gasteiger partial charge in [0.05, 0.1) is 18.6 Å². The first kappa shape index (κ1) is 18.7. The highest BCUT2D eigenvalue weighted by Crippen LogP contribution is 2.24. The fraction of sp³-hybridized carbons (Fsp3) is 0.174. The molecule has 3 aromatic rings. The summed E-state index contributed by atoms with van der Waals surface area (Å²) in [4.78, 5) is 30.5. The van der Waals surface area contributed by atoms with E-state index in [1.807, 2.05) is 65.2 Å². The molecule has 1 aromatic heterocycles. The van der Waals surface area contributed by atoms with E-state index in [1.54, 1.807) is 12.4 Å². The summed E-state index contributed by atoms with van der Waals surface area (Å²) in [6.07, 6.45) is 5.09. The van der Waals surface area contributed by atoms with Gasteiger partial charge in [0.1, 0.15) is 6.04 Å². The lowest BCUT2D eigenvalue weighted by atomic mass is 10.0. The molecular weight excluding hydrogens is 366 g/mol. The minimum atomic E-state index is -1.01. The average Bonchev–Trinajstić information content (AvgIpc) is 3.14. The number of fused-ring (bicyclic) bond motifs is 1. The first-order chi connectivity index (χ1) is 14.1. The quantitative estimate of drug-likeness (QED) is 0.683. The number of amides is 1. The maximum absolute atomic E-state index is 12.7. The largest absolute Gasteiger partial charge is 0.480 e. The smallest absolute Gasteiger partial charge is 0.326 e. The minimum Gasteiger partial charge on any atom is -0.480 e. The molecule has 1 aliphatic rings. The molecule has 6 nitrogen and oxygen atoms in total. The van der Waals surface area contributed by atoms with E-state index < -0.39 is 12.0 Å². The van der Waals surface area contributed by atoms with Gasteiger partial charge in [0.15, 0.2) is 0 Å². The predicted molar refractivity (Wildman–Crippen MR) is 109 cm³/mol. The van der Waals surface area contributed by atoms with Crippen LogP contribution in [-0.4, -0.2) is 37.5 Å². The van der Waals surface area contributed by atoms with Crippen molar-refractivity contribution < 1.29 is 14.7 Å². The van der Waals surface area contributed by atoms with Crippen molar-refractivity contribution in [2.75, 3.05) is 0 Å². The first-order valence-electron chi connectivity index (χ1n) is 9.45. The summed E-state index contributed by atoms with van der Waals surface area (Å²) in [6, 6.07) is 18.5. The topological polar surface area (TPSA) is 75.4 Å². The van der Waals surface area contributed by atoms with Crippen LogP contribution in [0.2, 0.25) is 0 Å². The third-order valence-electron chi connectivity index (χ3n) is 5.10. The van der Waals surface area contributed by atoms with Crippen LogP contribution in [0.3, 0.4) is 0 Å². The number of carbonyl (C=O) groups excluding carboxylic acids is 1. The molecule has 0 saturated heterocycles. The van der Waals surface area contributed by atoms with Gasteiger partial charge in [0, 0.05) is 24.7 Å². The molecule has 1 atom stereocenters. The van der Waals surface area contributed by atoms with Crippen LogP contribution in [0.25, 0.3) is 6.08 Å². The second-order valence-electron chi connectivity index (χ2n) is 7.02. The van der Waals surface area contributed by atoms with E-state index in [-0.39, 0.29) is 18.9 Å². The van der Waals surface area contributed by atoms with Gasteiger partial charge in [-0.1, -0.05) is 60.7 Å². The van der Waals surface area contributed by atoms with Gasteiger partial charge in [-0.2, -0.15) is 0 Å². The minimum absolute atomic E-state index is 0.187. The number of hydrogen-bond donors (Lipinski definition) is 1.